The lowest BCUT2D eigenvalue weighted by atomic mass is 9.96. The van der Waals surface area contributed by atoms with Crippen LogP contribution in [0.1, 0.15) is 47.5 Å². The van der Waals surface area contributed by atoms with Crippen LogP contribution in [-0.4, -0.2) is 69.9 Å². The van der Waals surface area contributed by atoms with Crippen LogP contribution in [0.4, 0.5) is 0 Å². The number of nitrogens with two attached hydrogens (primary N) is 1. The van der Waals surface area contributed by atoms with Crippen molar-refractivity contribution in [3.63, 3.8) is 0 Å². The molecular formula is C19H36N4O6S. The summed E-state index contributed by atoms with van der Waals surface area (Å²) in [6.07, 6.45) is -0.297. The summed E-state index contributed by atoms with van der Waals surface area (Å²) in [5, 5.41) is 25.9. The van der Waals surface area contributed by atoms with Crippen LogP contribution in [0.25, 0.3) is 0 Å². The molecule has 3 amide bonds. The molecule has 7 N–H and O–H groups in total. The fourth-order valence-electron chi connectivity index (χ4n) is 2.68. The zero-order valence-electron chi connectivity index (χ0n) is 18.2. The molecule has 0 saturated heterocycles. The van der Waals surface area contributed by atoms with E-state index in [4.69, 9.17) is 10.8 Å². The van der Waals surface area contributed by atoms with E-state index in [1.165, 1.54) is 6.92 Å². The summed E-state index contributed by atoms with van der Waals surface area (Å²) in [4.78, 5) is 48.8. The largest absolute Gasteiger partial charge is 0.480 e. The number of aliphatic carboxylic acids is 1. The maximum Gasteiger partial charge on any atom is 0.328 e. The van der Waals surface area contributed by atoms with E-state index in [1.54, 1.807) is 6.92 Å². The molecular weight excluding hydrogens is 412 g/mol. The Kier molecular flexibility index (Phi) is 12.6. The van der Waals surface area contributed by atoms with Crippen molar-refractivity contribution in [3.8, 4) is 0 Å². The number of nitrogens with one attached hydrogen (secondary N) is 3. The van der Waals surface area contributed by atoms with Crippen molar-refractivity contribution in [2.45, 2.75) is 77.7 Å². The Labute approximate surface area is 183 Å². The number of aliphatic hydroxyl groups is 1. The van der Waals surface area contributed by atoms with Crippen molar-refractivity contribution in [1.82, 2.24) is 16.0 Å². The van der Waals surface area contributed by atoms with Crippen LogP contribution in [0.3, 0.4) is 0 Å². The third-order valence-corrected chi connectivity index (χ3v) is 5.08. The Morgan fingerprint density at radius 1 is 0.933 bits per heavy atom. The normalized spacial score (nSPS) is 17.2. The molecule has 174 valence electrons. The molecule has 0 aromatic heterocycles. The Bertz CT molecular complexity index is 602. The number of aliphatic hydroxyl groups excluding tert-OH is 1. The van der Waals surface area contributed by atoms with Crippen molar-refractivity contribution in [1.29, 1.82) is 0 Å². The quantitative estimate of drug-likeness (QED) is 0.182. The summed E-state index contributed by atoms with van der Waals surface area (Å²) in [6, 6.07) is -4.39. The standard InChI is InChI=1S/C19H36N4O6S/c1-6-10(4)14(22-16(25)12(20)7-9(2)3)18(27)21-13(8-30)17(26)23-15(11(5)24)19(28)29/h9-15,24,30H,6-8,20H2,1-5H3,(H,21,27)(H,22,25)(H,23,26)(H,28,29). The average Bonchev–Trinajstić information content (AvgIpc) is 2.65. The molecule has 0 saturated carbocycles. The van der Waals surface area contributed by atoms with Gasteiger partial charge in [-0.3, -0.25) is 14.4 Å². The van der Waals surface area contributed by atoms with Gasteiger partial charge >= 0.3 is 5.97 Å². The minimum absolute atomic E-state index is 0.113. The van der Waals surface area contributed by atoms with Gasteiger partial charge in [0.05, 0.1) is 12.1 Å². The minimum atomic E-state index is -1.53. The number of rotatable bonds is 13. The highest BCUT2D eigenvalue weighted by molar-refractivity contribution is 7.80. The van der Waals surface area contributed by atoms with E-state index >= 15 is 0 Å². The van der Waals surface area contributed by atoms with Gasteiger partial charge in [-0.25, -0.2) is 4.79 Å². The fourth-order valence-corrected chi connectivity index (χ4v) is 2.93. The van der Waals surface area contributed by atoms with Gasteiger partial charge in [-0.1, -0.05) is 34.1 Å². The number of carbonyl (C=O) groups is 4. The number of hydrogen-bond donors (Lipinski definition) is 7. The summed E-state index contributed by atoms with van der Waals surface area (Å²) in [6.45, 7) is 8.72. The Morgan fingerprint density at radius 2 is 1.47 bits per heavy atom. The monoisotopic (exact) mass is 448 g/mol. The molecule has 0 spiro atoms. The van der Waals surface area contributed by atoms with Gasteiger partial charge in [0.1, 0.15) is 12.1 Å². The average molecular weight is 449 g/mol. The van der Waals surface area contributed by atoms with Crippen LogP contribution in [0.15, 0.2) is 0 Å². The van der Waals surface area contributed by atoms with Crippen LogP contribution in [-0.2, 0) is 19.2 Å². The summed E-state index contributed by atoms with van der Waals surface area (Å²) in [5.74, 6) is -3.44. The third kappa shape index (κ3) is 9.31. The topological polar surface area (TPSA) is 171 Å². The van der Waals surface area contributed by atoms with E-state index < -0.39 is 54.0 Å². The first-order chi connectivity index (χ1) is 13.8. The number of carboxylic acids is 1. The number of amides is 3. The molecule has 10 nitrogen and oxygen atoms in total. The second-order valence-electron chi connectivity index (χ2n) is 7.92. The lowest BCUT2D eigenvalue weighted by Crippen LogP contribution is -2.60. The van der Waals surface area contributed by atoms with Gasteiger partial charge in [0.2, 0.25) is 17.7 Å². The second-order valence-corrected chi connectivity index (χ2v) is 8.28. The first-order valence-electron chi connectivity index (χ1n) is 10.0. The molecule has 0 aliphatic rings. The Balaban J connectivity index is 5.28. The van der Waals surface area contributed by atoms with E-state index in [-0.39, 0.29) is 17.6 Å². The van der Waals surface area contributed by atoms with E-state index in [0.29, 0.717) is 12.8 Å². The van der Waals surface area contributed by atoms with Crippen LogP contribution < -0.4 is 21.7 Å². The highest BCUT2D eigenvalue weighted by Crippen LogP contribution is 2.10. The molecule has 0 aliphatic carbocycles. The van der Waals surface area contributed by atoms with Crippen molar-refractivity contribution >= 4 is 36.3 Å². The number of carbonyl (C=O) groups excluding carboxylic acids is 3. The lowest BCUT2D eigenvalue weighted by Gasteiger charge is -2.28. The number of thiol groups is 1. The second kappa shape index (κ2) is 13.5. The lowest BCUT2D eigenvalue weighted by molar-refractivity contribution is -0.145. The Morgan fingerprint density at radius 3 is 1.87 bits per heavy atom. The van der Waals surface area contributed by atoms with Gasteiger partial charge in [-0.05, 0) is 25.2 Å². The highest BCUT2D eigenvalue weighted by atomic mass is 32.1. The summed E-state index contributed by atoms with van der Waals surface area (Å²) in [7, 11) is 0. The molecule has 0 heterocycles. The molecule has 0 radical (unpaired) electrons. The van der Waals surface area contributed by atoms with Crippen molar-refractivity contribution in [2.75, 3.05) is 5.75 Å². The van der Waals surface area contributed by atoms with Gasteiger partial charge in [0, 0.05) is 5.75 Å². The Hall–Kier alpha value is -1.85. The minimum Gasteiger partial charge on any atom is -0.480 e. The van der Waals surface area contributed by atoms with Crippen LogP contribution in [0.2, 0.25) is 0 Å². The van der Waals surface area contributed by atoms with Gasteiger partial charge in [0.25, 0.3) is 0 Å². The molecule has 11 heteroatoms. The van der Waals surface area contributed by atoms with Gasteiger partial charge in [-0.2, -0.15) is 12.6 Å². The zero-order valence-corrected chi connectivity index (χ0v) is 19.1. The van der Waals surface area contributed by atoms with Crippen LogP contribution in [0.5, 0.6) is 0 Å². The molecule has 30 heavy (non-hydrogen) atoms. The van der Waals surface area contributed by atoms with Crippen LogP contribution >= 0.6 is 12.6 Å². The summed E-state index contributed by atoms with van der Waals surface area (Å²) in [5.41, 5.74) is 5.90. The van der Waals surface area contributed by atoms with E-state index in [1.807, 2.05) is 20.8 Å². The molecule has 6 unspecified atom stereocenters. The zero-order chi connectivity index (χ0) is 23.6. The maximum atomic E-state index is 12.8. The number of carboxylic acid groups (broad SMARTS) is 1. The highest BCUT2D eigenvalue weighted by Gasteiger charge is 2.33. The molecule has 6 atom stereocenters. The van der Waals surface area contributed by atoms with E-state index in [2.05, 4.69) is 28.6 Å². The first-order valence-corrected chi connectivity index (χ1v) is 10.7. The fraction of sp³-hybridized carbons (Fsp3) is 0.789. The predicted molar refractivity (Wildman–Crippen MR) is 116 cm³/mol. The molecule has 0 bridgehead atoms. The SMILES string of the molecule is CCC(C)C(NC(=O)C(N)CC(C)C)C(=O)NC(CS)C(=O)NC(C(=O)O)C(C)O. The van der Waals surface area contributed by atoms with Gasteiger partial charge in [-0.15, -0.1) is 0 Å². The summed E-state index contributed by atoms with van der Waals surface area (Å²) < 4.78 is 0. The van der Waals surface area contributed by atoms with Gasteiger partial charge in [0.15, 0.2) is 6.04 Å². The van der Waals surface area contributed by atoms with Crippen molar-refractivity contribution in [2.24, 2.45) is 17.6 Å². The molecule has 0 rings (SSSR count). The summed E-state index contributed by atoms with van der Waals surface area (Å²) >= 11 is 4.05. The van der Waals surface area contributed by atoms with Gasteiger partial charge < -0.3 is 31.9 Å². The predicted octanol–water partition coefficient (Wildman–Crippen LogP) is -0.744. The number of hydrogen-bond acceptors (Lipinski definition) is 7. The molecule has 0 aromatic carbocycles. The maximum absolute atomic E-state index is 12.8. The molecule has 0 aliphatic heterocycles. The molecule has 0 fully saturated rings. The smallest absolute Gasteiger partial charge is 0.328 e. The third-order valence-electron chi connectivity index (χ3n) is 4.72. The van der Waals surface area contributed by atoms with E-state index in [9.17, 15) is 24.3 Å². The van der Waals surface area contributed by atoms with Crippen LogP contribution in [0, 0.1) is 11.8 Å². The van der Waals surface area contributed by atoms with Crippen molar-refractivity contribution in [3.05, 3.63) is 0 Å². The van der Waals surface area contributed by atoms with Crippen molar-refractivity contribution < 1.29 is 29.4 Å². The van der Waals surface area contributed by atoms with E-state index in [0.717, 1.165) is 0 Å². The molecule has 0 aromatic rings. The first kappa shape index (κ1) is 28.1.